The lowest BCUT2D eigenvalue weighted by atomic mass is 9.65. The summed E-state index contributed by atoms with van der Waals surface area (Å²) in [7, 11) is 0. The van der Waals surface area contributed by atoms with Gasteiger partial charge in [0, 0.05) is 53.0 Å². The lowest BCUT2D eigenvalue weighted by Gasteiger charge is -2.37. The molecule has 0 fully saturated rings. The van der Waals surface area contributed by atoms with Crippen molar-refractivity contribution in [3.05, 3.63) is 181 Å². The molecule has 0 N–H and O–H groups in total. The third-order valence-electron chi connectivity index (χ3n) is 9.83. The highest BCUT2D eigenvalue weighted by Crippen LogP contribution is 2.49. The minimum absolute atomic E-state index is 0.0466. The first-order valence-corrected chi connectivity index (χ1v) is 16.8. The summed E-state index contributed by atoms with van der Waals surface area (Å²) in [6.45, 7) is 16.1. The molecule has 49 heavy (non-hydrogen) atoms. The number of nitrogens with zero attached hydrogens (tertiary/aromatic N) is 3. The Labute approximate surface area is 289 Å². The number of rotatable bonds is 13. The second-order valence-corrected chi connectivity index (χ2v) is 14.0. The molecule has 0 saturated carbocycles. The summed E-state index contributed by atoms with van der Waals surface area (Å²) in [5.74, 6) is 0.483. The Morgan fingerprint density at radius 2 is 1.41 bits per heavy atom. The van der Waals surface area contributed by atoms with Crippen LogP contribution in [0.2, 0.25) is 0 Å². The molecule has 5 rings (SSSR count). The molecule has 7 nitrogen and oxygen atoms in total. The summed E-state index contributed by atoms with van der Waals surface area (Å²) in [6.07, 6.45) is 8.31. The van der Waals surface area contributed by atoms with E-state index >= 15 is 0 Å². The van der Waals surface area contributed by atoms with Gasteiger partial charge in [0.15, 0.2) is 0 Å². The maximum absolute atomic E-state index is 12.1. The fourth-order valence-corrected chi connectivity index (χ4v) is 7.10. The van der Waals surface area contributed by atoms with Crippen molar-refractivity contribution in [2.24, 2.45) is 5.92 Å². The third-order valence-corrected chi connectivity index (χ3v) is 9.83. The van der Waals surface area contributed by atoms with Crippen molar-refractivity contribution >= 4 is 17.1 Å². The van der Waals surface area contributed by atoms with Crippen molar-refractivity contribution in [2.45, 2.75) is 64.7 Å². The van der Waals surface area contributed by atoms with Crippen molar-refractivity contribution in [3.63, 3.8) is 0 Å². The topological polar surface area (TPSA) is 89.5 Å². The van der Waals surface area contributed by atoms with E-state index in [0.717, 1.165) is 57.7 Å². The highest BCUT2D eigenvalue weighted by atomic mass is 16.6. The van der Waals surface area contributed by atoms with Crippen molar-refractivity contribution in [1.82, 2.24) is 0 Å². The van der Waals surface area contributed by atoms with Crippen LogP contribution < -0.4 is 4.90 Å². The normalized spacial score (nSPS) is 14.8. The zero-order valence-electron chi connectivity index (χ0n) is 29.1. The number of hydrogen-bond acceptors (Lipinski definition) is 5. The highest BCUT2D eigenvalue weighted by Gasteiger charge is 2.41. The monoisotopic (exact) mass is 655 g/mol. The first-order valence-electron chi connectivity index (χ1n) is 16.8. The van der Waals surface area contributed by atoms with Gasteiger partial charge in [-0.05, 0) is 77.6 Å². The van der Waals surface area contributed by atoms with E-state index in [9.17, 15) is 20.2 Å². The molecule has 1 heterocycles. The van der Waals surface area contributed by atoms with E-state index in [4.69, 9.17) is 0 Å². The quantitative estimate of drug-likeness (QED) is 0.0812. The predicted molar refractivity (Wildman–Crippen MR) is 199 cm³/mol. The van der Waals surface area contributed by atoms with E-state index in [2.05, 4.69) is 69.5 Å². The number of nitro benzene ring substituents is 2. The van der Waals surface area contributed by atoms with Gasteiger partial charge in [-0.25, -0.2) is 0 Å². The molecule has 1 aliphatic rings. The van der Waals surface area contributed by atoms with Gasteiger partial charge in [0.1, 0.15) is 0 Å². The predicted octanol–water partition coefficient (Wildman–Crippen LogP) is 10.4. The molecule has 0 saturated heterocycles. The Balaban J connectivity index is 1.65. The van der Waals surface area contributed by atoms with Crippen LogP contribution in [0.1, 0.15) is 61.9 Å². The number of anilines is 1. The zero-order valence-corrected chi connectivity index (χ0v) is 29.1. The molecule has 4 aromatic rings. The summed E-state index contributed by atoms with van der Waals surface area (Å²) >= 11 is 0. The van der Waals surface area contributed by atoms with Crippen molar-refractivity contribution in [1.29, 1.82) is 0 Å². The third kappa shape index (κ3) is 7.41. The van der Waals surface area contributed by atoms with Crippen LogP contribution >= 0.6 is 0 Å². The van der Waals surface area contributed by atoms with E-state index in [0.29, 0.717) is 18.8 Å². The maximum atomic E-state index is 12.1. The summed E-state index contributed by atoms with van der Waals surface area (Å²) in [5.41, 5.74) is 6.78. The van der Waals surface area contributed by atoms with Gasteiger partial charge in [-0.15, -0.1) is 0 Å². The Kier molecular flexibility index (Phi) is 10.3. The second kappa shape index (κ2) is 14.4. The molecule has 0 radical (unpaired) electrons. The molecule has 0 bridgehead atoms. The molecule has 252 valence electrons. The Hall–Kier alpha value is -5.30. The molecule has 0 aliphatic carbocycles. The van der Waals surface area contributed by atoms with Crippen LogP contribution in [0.25, 0.3) is 0 Å². The Bertz CT molecular complexity index is 1870. The molecule has 0 unspecified atom stereocenters. The van der Waals surface area contributed by atoms with Gasteiger partial charge in [-0.2, -0.15) is 0 Å². The van der Waals surface area contributed by atoms with Crippen LogP contribution in [0, 0.1) is 33.1 Å². The number of fused-ring (bicyclic) bond motifs is 1. The van der Waals surface area contributed by atoms with E-state index in [1.807, 2.05) is 67.6 Å². The lowest BCUT2D eigenvalue weighted by molar-refractivity contribution is -0.385. The summed E-state index contributed by atoms with van der Waals surface area (Å²) in [6, 6.07) is 30.7. The van der Waals surface area contributed by atoms with Crippen LogP contribution in [0.5, 0.6) is 0 Å². The molecule has 0 spiro atoms. The standard InChI is InChI=1S/C42H45N3O4/c1-30(2)24-25-43-39-23-22-36(45(48)49)27-38(39)41(5,6)40(43)19-13-14-32(4)42(28-33-15-9-7-10-16-33,29-34-17-11-8-12-18-34)37-26-35(44(46)47)21-20-31(37)3/h7-23,26-27,30H,4,24-25,28-29H2,1-3,5-6H3/b14-13+,40-19+. The van der Waals surface area contributed by atoms with E-state index < -0.39 is 10.8 Å². The van der Waals surface area contributed by atoms with Crippen molar-refractivity contribution < 1.29 is 9.85 Å². The van der Waals surface area contributed by atoms with Crippen molar-refractivity contribution in [2.75, 3.05) is 11.4 Å². The number of non-ortho nitro benzene ring substituents is 2. The van der Waals surface area contributed by atoms with Gasteiger partial charge in [-0.1, -0.05) is 113 Å². The number of nitro groups is 2. The van der Waals surface area contributed by atoms with Gasteiger partial charge < -0.3 is 4.90 Å². The number of benzene rings is 4. The Morgan fingerprint density at radius 3 is 1.96 bits per heavy atom. The number of allylic oxidation sites excluding steroid dienone is 5. The van der Waals surface area contributed by atoms with Gasteiger partial charge >= 0.3 is 0 Å². The van der Waals surface area contributed by atoms with Crippen LogP contribution in [0.3, 0.4) is 0 Å². The molecular weight excluding hydrogens is 610 g/mol. The van der Waals surface area contributed by atoms with Gasteiger partial charge in [0.05, 0.1) is 9.85 Å². The maximum Gasteiger partial charge on any atom is 0.269 e. The summed E-state index contributed by atoms with van der Waals surface area (Å²) < 4.78 is 0. The molecule has 7 heteroatoms. The van der Waals surface area contributed by atoms with E-state index in [1.165, 1.54) is 0 Å². The first kappa shape index (κ1) is 35.0. The van der Waals surface area contributed by atoms with Crippen LogP contribution in [0.15, 0.2) is 133 Å². The second-order valence-electron chi connectivity index (χ2n) is 14.0. The highest BCUT2D eigenvalue weighted by molar-refractivity contribution is 5.73. The lowest BCUT2D eigenvalue weighted by Crippen LogP contribution is -2.34. The SMILES string of the molecule is C=C(/C=C/C=C1/N(CCC(C)C)c2ccc([N+](=O)[O-])cc2C1(C)C)C(Cc1ccccc1)(Cc1ccccc1)c1cc([N+](=O)[O-])ccc1C. The smallest absolute Gasteiger partial charge is 0.269 e. The van der Waals surface area contributed by atoms with Crippen LogP contribution in [-0.2, 0) is 23.7 Å². The fraction of sp³-hybridized carbons (Fsp3) is 0.286. The molecule has 0 amide bonds. The molecule has 0 aromatic heterocycles. The van der Waals surface area contributed by atoms with Crippen LogP contribution in [-0.4, -0.2) is 16.4 Å². The van der Waals surface area contributed by atoms with Gasteiger partial charge in [0.25, 0.3) is 11.4 Å². The van der Waals surface area contributed by atoms with Crippen LogP contribution in [0.4, 0.5) is 17.1 Å². The Morgan fingerprint density at radius 1 is 0.857 bits per heavy atom. The number of hydrogen-bond donors (Lipinski definition) is 0. The molecule has 4 aromatic carbocycles. The van der Waals surface area contributed by atoms with E-state index in [-0.39, 0.29) is 21.2 Å². The largest absolute Gasteiger partial charge is 0.344 e. The molecule has 0 atom stereocenters. The average molecular weight is 656 g/mol. The van der Waals surface area contributed by atoms with E-state index in [1.54, 1.807) is 24.3 Å². The summed E-state index contributed by atoms with van der Waals surface area (Å²) in [5, 5.41) is 23.8. The minimum Gasteiger partial charge on any atom is -0.344 e. The van der Waals surface area contributed by atoms with Gasteiger partial charge in [0.2, 0.25) is 0 Å². The molecular formula is C42H45N3O4. The number of aryl methyl sites for hydroxylation is 1. The first-order chi connectivity index (χ1) is 23.3. The van der Waals surface area contributed by atoms with Gasteiger partial charge in [-0.3, -0.25) is 20.2 Å². The molecule has 1 aliphatic heterocycles. The minimum atomic E-state index is -0.708. The average Bonchev–Trinajstić information content (AvgIpc) is 3.28. The fourth-order valence-electron chi connectivity index (χ4n) is 7.10. The summed E-state index contributed by atoms with van der Waals surface area (Å²) in [4.78, 5) is 25.4. The zero-order chi connectivity index (χ0) is 35.3. The van der Waals surface area contributed by atoms with Crippen molar-refractivity contribution in [3.8, 4) is 0 Å².